The largest absolute Gasteiger partial charge is 0.416 e. The summed E-state index contributed by atoms with van der Waals surface area (Å²) in [5, 5.41) is 0. The van der Waals surface area contributed by atoms with Gasteiger partial charge in [-0.15, -0.1) is 0 Å². The van der Waals surface area contributed by atoms with Crippen molar-refractivity contribution in [3.05, 3.63) is 47.3 Å². The lowest BCUT2D eigenvalue weighted by Crippen LogP contribution is -2.33. The first-order valence-electron chi connectivity index (χ1n) is 7.57. The van der Waals surface area contributed by atoms with E-state index in [1.807, 2.05) is 4.90 Å². The molecule has 0 saturated carbocycles. The smallest absolute Gasteiger partial charge is 0.286 e. The Morgan fingerprint density at radius 1 is 1.22 bits per heavy atom. The summed E-state index contributed by atoms with van der Waals surface area (Å²) in [6, 6.07) is 2.12. The summed E-state index contributed by atoms with van der Waals surface area (Å²) in [4.78, 5) is 2.02. The Kier molecular flexibility index (Phi) is 5.48. The van der Waals surface area contributed by atoms with Crippen molar-refractivity contribution < 1.29 is 17.6 Å². The lowest BCUT2D eigenvalue weighted by Gasteiger charge is -2.32. The molecule has 0 radical (unpaired) electrons. The number of piperidine rings is 1. The number of halogens is 4. The molecule has 0 bridgehead atoms. The summed E-state index contributed by atoms with van der Waals surface area (Å²) in [7, 11) is 0. The first kappa shape index (κ1) is 17.6. The summed E-state index contributed by atoms with van der Waals surface area (Å²) in [5.41, 5.74) is -0.156. The topological polar surface area (TPSA) is 3.24 Å². The molecule has 1 nitrogen and oxygen atoms in total. The molecule has 0 aromatic heterocycles. The molecule has 0 N–H and O–H groups in total. The monoisotopic (exact) mass is 325 g/mol. The van der Waals surface area contributed by atoms with Gasteiger partial charge in [-0.3, -0.25) is 4.90 Å². The van der Waals surface area contributed by atoms with Gasteiger partial charge in [0.25, 0.3) is 0 Å². The minimum Gasteiger partial charge on any atom is -0.286 e. The van der Waals surface area contributed by atoms with Crippen LogP contribution in [0.15, 0.2) is 30.4 Å². The van der Waals surface area contributed by atoms with Crippen molar-refractivity contribution in [3.63, 3.8) is 0 Å². The van der Waals surface area contributed by atoms with Gasteiger partial charge in [-0.1, -0.05) is 30.9 Å². The first-order chi connectivity index (χ1) is 10.8. The number of nitrogens with zero attached hydrogens (tertiary/aromatic N) is 1. The van der Waals surface area contributed by atoms with Gasteiger partial charge in [-0.05, 0) is 50.6 Å². The molecule has 1 fully saturated rings. The van der Waals surface area contributed by atoms with Gasteiger partial charge in [0.15, 0.2) is 0 Å². The normalized spacial score (nSPS) is 17.3. The van der Waals surface area contributed by atoms with E-state index in [0.29, 0.717) is 11.6 Å². The Labute approximate surface area is 134 Å². The highest BCUT2D eigenvalue weighted by atomic mass is 19.4. The number of hydrogen-bond acceptors (Lipinski definition) is 1. The van der Waals surface area contributed by atoms with Crippen molar-refractivity contribution in [2.24, 2.45) is 0 Å². The van der Waals surface area contributed by atoms with Gasteiger partial charge in [0, 0.05) is 5.56 Å². The first-order valence-corrected chi connectivity index (χ1v) is 7.57. The van der Waals surface area contributed by atoms with E-state index in [4.69, 9.17) is 0 Å². The number of alkyl halides is 3. The third-order valence-corrected chi connectivity index (χ3v) is 3.80. The molecule has 5 heteroatoms. The maximum absolute atomic E-state index is 14.3. The third kappa shape index (κ3) is 4.59. The van der Waals surface area contributed by atoms with E-state index in [1.54, 1.807) is 6.92 Å². The Morgan fingerprint density at radius 3 is 2.39 bits per heavy atom. The average Bonchev–Trinajstić information content (AvgIpc) is 2.48. The number of allylic oxidation sites excluding steroid dienone is 1. The second kappa shape index (κ2) is 7.18. The SMILES string of the molecule is C=C(C)C#CC(c1ccc(C(F)(F)F)cc1F)N1CCCCC1. The number of benzene rings is 1. The van der Waals surface area contributed by atoms with Gasteiger partial charge >= 0.3 is 6.18 Å². The molecule has 0 aliphatic carbocycles. The van der Waals surface area contributed by atoms with Crippen molar-refractivity contribution in [3.8, 4) is 11.8 Å². The maximum atomic E-state index is 14.3. The Bertz CT molecular complexity index is 631. The number of rotatable bonds is 2. The number of hydrogen-bond donors (Lipinski definition) is 0. The van der Waals surface area contributed by atoms with Crippen LogP contribution in [-0.2, 0) is 6.18 Å². The van der Waals surface area contributed by atoms with Crippen molar-refractivity contribution in [1.29, 1.82) is 0 Å². The van der Waals surface area contributed by atoms with E-state index in [2.05, 4.69) is 18.4 Å². The van der Waals surface area contributed by atoms with Crippen LogP contribution < -0.4 is 0 Å². The molecule has 2 rings (SSSR count). The van der Waals surface area contributed by atoms with E-state index >= 15 is 0 Å². The minimum absolute atomic E-state index is 0.189. The third-order valence-electron chi connectivity index (χ3n) is 3.80. The van der Waals surface area contributed by atoms with Gasteiger partial charge in [-0.25, -0.2) is 4.39 Å². The second-order valence-electron chi connectivity index (χ2n) is 5.78. The highest BCUT2D eigenvalue weighted by Gasteiger charge is 2.32. The van der Waals surface area contributed by atoms with E-state index in [9.17, 15) is 17.6 Å². The molecule has 0 spiro atoms. The van der Waals surface area contributed by atoms with E-state index in [0.717, 1.165) is 38.4 Å². The molecule has 1 saturated heterocycles. The molecule has 1 aromatic rings. The van der Waals surface area contributed by atoms with Gasteiger partial charge in [0.05, 0.1) is 5.56 Å². The Morgan fingerprint density at radius 2 is 1.87 bits per heavy atom. The van der Waals surface area contributed by atoms with Crippen molar-refractivity contribution in [2.45, 2.75) is 38.4 Å². The average molecular weight is 325 g/mol. The molecule has 1 heterocycles. The molecular weight excluding hydrogens is 306 g/mol. The van der Waals surface area contributed by atoms with Crippen LogP contribution >= 0.6 is 0 Å². The van der Waals surface area contributed by atoms with Crippen molar-refractivity contribution in [1.82, 2.24) is 4.90 Å². The zero-order valence-corrected chi connectivity index (χ0v) is 13.0. The van der Waals surface area contributed by atoms with Crippen LogP contribution in [0.4, 0.5) is 17.6 Å². The fraction of sp³-hybridized carbons (Fsp3) is 0.444. The van der Waals surface area contributed by atoms with E-state index in [-0.39, 0.29) is 5.56 Å². The molecule has 23 heavy (non-hydrogen) atoms. The standard InChI is InChI=1S/C18H19F4N/c1-13(2)6-9-17(23-10-4-3-5-11-23)15-8-7-14(12-16(15)19)18(20,21)22/h7-8,12,17H,1,3-5,10-11H2,2H3. The fourth-order valence-corrected chi connectivity index (χ4v) is 2.66. The van der Waals surface area contributed by atoms with Crippen LogP contribution in [0.5, 0.6) is 0 Å². The van der Waals surface area contributed by atoms with Gasteiger partial charge in [0.2, 0.25) is 0 Å². The summed E-state index contributed by atoms with van der Waals surface area (Å²) >= 11 is 0. The van der Waals surface area contributed by atoms with Crippen molar-refractivity contribution in [2.75, 3.05) is 13.1 Å². The summed E-state index contributed by atoms with van der Waals surface area (Å²) in [6.45, 7) is 6.96. The lowest BCUT2D eigenvalue weighted by atomic mass is 9.99. The zero-order valence-electron chi connectivity index (χ0n) is 13.0. The second-order valence-corrected chi connectivity index (χ2v) is 5.78. The highest BCUT2D eigenvalue weighted by molar-refractivity contribution is 5.36. The van der Waals surface area contributed by atoms with Gasteiger partial charge in [-0.2, -0.15) is 13.2 Å². The molecule has 1 aromatic carbocycles. The predicted molar refractivity (Wildman–Crippen MR) is 82.2 cm³/mol. The molecule has 124 valence electrons. The summed E-state index contributed by atoms with van der Waals surface area (Å²) in [5.74, 6) is 4.93. The Balaban J connectivity index is 2.39. The zero-order chi connectivity index (χ0) is 17.0. The van der Waals surface area contributed by atoms with Crippen LogP contribution in [-0.4, -0.2) is 18.0 Å². The van der Waals surface area contributed by atoms with Crippen LogP contribution in [0.25, 0.3) is 0 Å². The Hall–Kier alpha value is -1.80. The predicted octanol–water partition coefficient (Wildman–Crippen LogP) is 4.95. The van der Waals surface area contributed by atoms with Crippen LogP contribution in [0.1, 0.15) is 43.4 Å². The molecule has 1 aliphatic rings. The van der Waals surface area contributed by atoms with Crippen molar-refractivity contribution >= 4 is 0 Å². The van der Waals surface area contributed by atoms with E-state index < -0.39 is 23.6 Å². The molecule has 0 amide bonds. The molecular formula is C18H19F4N. The molecule has 1 aliphatic heterocycles. The maximum Gasteiger partial charge on any atom is 0.416 e. The fourth-order valence-electron chi connectivity index (χ4n) is 2.66. The molecule has 1 unspecified atom stereocenters. The summed E-state index contributed by atoms with van der Waals surface area (Å²) < 4.78 is 52.4. The van der Waals surface area contributed by atoms with Crippen LogP contribution in [0.3, 0.4) is 0 Å². The quantitative estimate of drug-likeness (QED) is 0.549. The van der Waals surface area contributed by atoms with E-state index in [1.165, 1.54) is 6.07 Å². The van der Waals surface area contributed by atoms with Crippen LogP contribution in [0, 0.1) is 17.7 Å². The minimum atomic E-state index is -4.55. The van der Waals surface area contributed by atoms with Gasteiger partial charge < -0.3 is 0 Å². The van der Waals surface area contributed by atoms with Crippen LogP contribution in [0.2, 0.25) is 0 Å². The summed E-state index contributed by atoms with van der Waals surface area (Å²) in [6.07, 6.45) is -1.49. The lowest BCUT2D eigenvalue weighted by molar-refractivity contribution is -0.137. The van der Waals surface area contributed by atoms with Gasteiger partial charge in [0.1, 0.15) is 11.9 Å². The highest BCUT2D eigenvalue weighted by Crippen LogP contribution is 2.33. The number of likely N-dealkylation sites (tertiary alicyclic amines) is 1. The molecule has 1 atom stereocenters.